The maximum atomic E-state index is 8.80. The van der Waals surface area contributed by atoms with Crippen molar-refractivity contribution < 1.29 is 4.74 Å². The van der Waals surface area contributed by atoms with Crippen molar-refractivity contribution in [2.45, 2.75) is 38.3 Å². The SMILES string of the molecule is N#Cc1cccc(COCCC2CCCCN2)c1. The number of hydrogen-bond donors (Lipinski definition) is 1. The van der Waals surface area contributed by atoms with E-state index >= 15 is 0 Å². The van der Waals surface area contributed by atoms with Crippen molar-refractivity contribution >= 4 is 0 Å². The Labute approximate surface area is 109 Å². The van der Waals surface area contributed by atoms with E-state index in [1.165, 1.54) is 19.3 Å². The van der Waals surface area contributed by atoms with Gasteiger partial charge in [0.2, 0.25) is 0 Å². The van der Waals surface area contributed by atoms with Crippen molar-refractivity contribution in [2.75, 3.05) is 13.2 Å². The Bertz CT molecular complexity index is 405. The lowest BCUT2D eigenvalue weighted by molar-refractivity contribution is 0.108. The topological polar surface area (TPSA) is 45.0 Å². The van der Waals surface area contributed by atoms with Crippen LogP contribution in [0.5, 0.6) is 0 Å². The second-order valence-corrected chi connectivity index (χ2v) is 4.80. The predicted molar refractivity (Wildman–Crippen MR) is 71.1 cm³/mol. The Morgan fingerprint density at radius 1 is 1.39 bits per heavy atom. The van der Waals surface area contributed by atoms with Crippen LogP contribution in [0.4, 0.5) is 0 Å². The molecular formula is C15H20N2O. The van der Waals surface area contributed by atoms with Gasteiger partial charge in [0.1, 0.15) is 0 Å². The molecule has 96 valence electrons. The molecule has 1 aliphatic heterocycles. The zero-order valence-corrected chi connectivity index (χ0v) is 10.7. The summed E-state index contributed by atoms with van der Waals surface area (Å²) in [6.07, 6.45) is 4.99. The lowest BCUT2D eigenvalue weighted by Crippen LogP contribution is -2.34. The molecule has 1 fully saturated rings. The van der Waals surface area contributed by atoms with Crippen molar-refractivity contribution in [1.29, 1.82) is 5.26 Å². The van der Waals surface area contributed by atoms with Gasteiger partial charge in [0, 0.05) is 12.6 Å². The molecule has 1 heterocycles. The third kappa shape index (κ3) is 4.14. The molecule has 1 saturated heterocycles. The number of nitrogens with one attached hydrogen (secondary N) is 1. The molecule has 0 aliphatic carbocycles. The predicted octanol–water partition coefficient (Wildman–Crippen LogP) is 2.61. The number of piperidine rings is 1. The Morgan fingerprint density at radius 3 is 3.11 bits per heavy atom. The van der Waals surface area contributed by atoms with Crippen molar-refractivity contribution in [2.24, 2.45) is 0 Å². The van der Waals surface area contributed by atoms with Gasteiger partial charge in [-0.1, -0.05) is 18.6 Å². The third-order valence-electron chi connectivity index (χ3n) is 3.35. The standard InChI is InChI=1S/C15H20N2O/c16-11-13-4-3-5-14(10-13)12-18-9-7-15-6-1-2-8-17-15/h3-5,10,15,17H,1-2,6-9,12H2. The fourth-order valence-electron chi connectivity index (χ4n) is 2.32. The number of rotatable bonds is 5. The fraction of sp³-hybridized carbons (Fsp3) is 0.533. The molecule has 1 unspecified atom stereocenters. The van der Waals surface area contributed by atoms with E-state index in [2.05, 4.69) is 11.4 Å². The summed E-state index contributed by atoms with van der Waals surface area (Å²) in [5.74, 6) is 0. The third-order valence-corrected chi connectivity index (χ3v) is 3.35. The molecule has 3 nitrogen and oxygen atoms in total. The van der Waals surface area contributed by atoms with Crippen LogP contribution >= 0.6 is 0 Å². The molecule has 0 bridgehead atoms. The molecule has 0 spiro atoms. The summed E-state index contributed by atoms with van der Waals surface area (Å²) in [7, 11) is 0. The minimum absolute atomic E-state index is 0.599. The molecule has 0 saturated carbocycles. The first-order valence-electron chi connectivity index (χ1n) is 6.68. The van der Waals surface area contributed by atoms with Crippen molar-refractivity contribution in [3.8, 4) is 6.07 Å². The number of nitriles is 1. The zero-order chi connectivity index (χ0) is 12.6. The molecule has 18 heavy (non-hydrogen) atoms. The normalized spacial score (nSPS) is 19.4. The highest BCUT2D eigenvalue weighted by molar-refractivity contribution is 5.32. The highest BCUT2D eigenvalue weighted by Gasteiger charge is 2.11. The Morgan fingerprint density at radius 2 is 2.33 bits per heavy atom. The van der Waals surface area contributed by atoms with E-state index in [0.29, 0.717) is 18.2 Å². The van der Waals surface area contributed by atoms with Crippen LogP contribution < -0.4 is 5.32 Å². The molecule has 0 amide bonds. The highest BCUT2D eigenvalue weighted by Crippen LogP contribution is 2.11. The summed E-state index contributed by atoms with van der Waals surface area (Å²) >= 11 is 0. The van der Waals surface area contributed by atoms with Gasteiger partial charge in [0.15, 0.2) is 0 Å². The van der Waals surface area contributed by atoms with Crippen LogP contribution in [0.15, 0.2) is 24.3 Å². The van der Waals surface area contributed by atoms with Crippen LogP contribution in [-0.4, -0.2) is 19.2 Å². The van der Waals surface area contributed by atoms with E-state index in [4.69, 9.17) is 10.00 Å². The molecule has 2 rings (SSSR count). The van der Waals surface area contributed by atoms with Crippen molar-refractivity contribution in [1.82, 2.24) is 5.32 Å². The molecule has 3 heteroatoms. The number of ether oxygens (including phenoxy) is 1. The van der Waals surface area contributed by atoms with Gasteiger partial charge >= 0.3 is 0 Å². The number of benzene rings is 1. The maximum absolute atomic E-state index is 8.80. The summed E-state index contributed by atoms with van der Waals surface area (Å²) in [5, 5.41) is 12.3. The molecule has 1 aromatic rings. The van der Waals surface area contributed by atoms with Crippen LogP contribution in [0, 0.1) is 11.3 Å². The molecule has 0 aromatic heterocycles. The summed E-state index contributed by atoms with van der Waals surface area (Å²) in [6, 6.07) is 10.4. The Kier molecular flexibility index (Phi) is 5.19. The van der Waals surface area contributed by atoms with Gasteiger partial charge < -0.3 is 10.1 Å². The second kappa shape index (κ2) is 7.15. The first-order valence-corrected chi connectivity index (χ1v) is 6.68. The van der Waals surface area contributed by atoms with Crippen LogP contribution in [-0.2, 0) is 11.3 Å². The zero-order valence-electron chi connectivity index (χ0n) is 10.7. The van der Waals surface area contributed by atoms with Gasteiger partial charge in [0.05, 0.1) is 18.2 Å². The van der Waals surface area contributed by atoms with Gasteiger partial charge in [-0.15, -0.1) is 0 Å². The quantitative estimate of drug-likeness (QED) is 0.810. The first kappa shape index (κ1) is 13.1. The molecule has 0 radical (unpaired) electrons. The van der Waals surface area contributed by atoms with Crippen LogP contribution in [0.1, 0.15) is 36.8 Å². The summed E-state index contributed by atoms with van der Waals surface area (Å²) in [5.41, 5.74) is 1.77. The van der Waals surface area contributed by atoms with Gasteiger partial charge in [0.25, 0.3) is 0 Å². The van der Waals surface area contributed by atoms with E-state index in [-0.39, 0.29) is 0 Å². The molecular weight excluding hydrogens is 224 g/mol. The van der Waals surface area contributed by atoms with Gasteiger partial charge in [-0.2, -0.15) is 5.26 Å². The number of nitrogens with zero attached hydrogens (tertiary/aromatic N) is 1. The summed E-state index contributed by atoms with van der Waals surface area (Å²) < 4.78 is 5.67. The van der Waals surface area contributed by atoms with Crippen molar-refractivity contribution in [3.05, 3.63) is 35.4 Å². The van der Waals surface area contributed by atoms with Crippen molar-refractivity contribution in [3.63, 3.8) is 0 Å². The fourth-order valence-corrected chi connectivity index (χ4v) is 2.32. The first-order chi connectivity index (χ1) is 8.88. The number of hydrogen-bond acceptors (Lipinski definition) is 3. The van der Waals surface area contributed by atoms with Crippen LogP contribution in [0.25, 0.3) is 0 Å². The van der Waals surface area contributed by atoms with Gasteiger partial charge in [-0.05, 0) is 43.5 Å². The van der Waals surface area contributed by atoms with E-state index < -0.39 is 0 Å². The van der Waals surface area contributed by atoms with Crippen LogP contribution in [0.3, 0.4) is 0 Å². The van der Waals surface area contributed by atoms with E-state index in [9.17, 15) is 0 Å². The summed E-state index contributed by atoms with van der Waals surface area (Å²) in [4.78, 5) is 0. The monoisotopic (exact) mass is 244 g/mol. The average Bonchev–Trinajstić information content (AvgIpc) is 2.45. The van der Waals surface area contributed by atoms with Gasteiger partial charge in [-0.25, -0.2) is 0 Å². The van der Waals surface area contributed by atoms with Gasteiger partial charge in [-0.3, -0.25) is 0 Å². The minimum Gasteiger partial charge on any atom is -0.377 e. The Hall–Kier alpha value is -1.37. The lowest BCUT2D eigenvalue weighted by atomic mass is 10.0. The smallest absolute Gasteiger partial charge is 0.0991 e. The van der Waals surface area contributed by atoms with Crippen LogP contribution in [0.2, 0.25) is 0 Å². The second-order valence-electron chi connectivity index (χ2n) is 4.80. The molecule has 1 atom stereocenters. The minimum atomic E-state index is 0.599. The van der Waals surface area contributed by atoms with E-state index in [0.717, 1.165) is 25.1 Å². The molecule has 1 aliphatic rings. The molecule has 1 aromatic carbocycles. The van der Waals surface area contributed by atoms with E-state index in [1.807, 2.05) is 24.3 Å². The lowest BCUT2D eigenvalue weighted by Gasteiger charge is -2.23. The van der Waals surface area contributed by atoms with E-state index in [1.54, 1.807) is 0 Å². The average molecular weight is 244 g/mol. The largest absolute Gasteiger partial charge is 0.377 e. The maximum Gasteiger partial charge on any atom is 0.0991 e. The highest BCUT2D eigenvalue weighted by atomic mass is 16.5. The Balaban J connectivity index is 1.67. The molecule has 1 N–H and O–H groups in total. The summed E-state index contributed by atoms with van der Waals surface area (Å²) in [6.45, 7) is 2.53.